The number of anilines is 1. The van der Waals surface area contributed by atoms with Crippen LogP contribution in [0.25, 0.3) is 0 Å². The number of carbonyl (C=O) groups is 1. The van der Waals surface area contributed by atoms with E-state index >= 15 is 0 Å². The van der Waals surface area contributed by atoms with Crippen molar-refractivity contribution in [1.82, 2.24) is 0 Å². The van der Waals surface area contributed by atoms with Crippen molar-refractivity contribution >= 4 is 21.7 Å². The van der Waals surface area contributed by atoms with Gasteiger partial charge in [-0.1, -0.05) is 32.9 Å². The SMILES string of the molecule is CC(=O)Nc1ccc(OS(=O)(=O)c2ccc(C(C)(C)C)cc2)cc1. The van der Waals surface area contributed by atoms with Crippen molar-refractivity contribution in [2.24, 2.45) is 0 Å². The first-order valence-electron chi connectivity index (χ1n) is 7.51. The lowest BCUT2D eigenvalue weighted by atomic mass is 9.87. The fraction of sp³-hybridized carbons (Fsp3) is 0.278. The summed E-state index contributed by atoms with van der Waals surface area (Å²) in [5.41, 5.74) is 1.56. The summed E-state index contributed by atoms with van der Waals surface area (Å²) in [6, 6.07) is 12.8. The molecule has 2 aromatic rings. The minimum Gasteiger partial charge on any atom is -0.379 e. The third-order valence-electron chi connectivity index (χ3n) is 3.39. The van der Waals surface area contributed by atoms with E-state index in [0.29, 0.717) is 5.69 Å². The lowest BCUT2D eigenvalue weighted by molar-refractivity contribution is -0.114. The van der Waals surface area contributed by atoms with E-state index in [4.69, 9.17) is 4.18 Å². The Morgan fingerprint density at radius 3 is 1.96 bits per heavy atom. The molecule has 2 rings (SSSR count). The fourth-order valence-electron chi connectivity index (χ4n) is 2.09. The van der Waals surface area contributed by atoms with Crippen LogP contribution in [0.5, 0.6) is 5.75 Å². The second kappa shape index (κ2) is 6.65. The van der Waals surface area contributed by atoms with Gasteiger partial charge in [0.25, 0.3) is 0 Å². The number of benzene rings is 2. The molecule has 0 heterocycles. The summed E-state index contributed by atoms with van der Waals surface area (Å²) >= 11 is 0. The van der Waals surface area contributed by atoms with Crippen molar-refractivity contribution in [2.75, 3.05) is 5.32 Å². The van der Waals surface area contributed by atoms with Crippen LogP contribution >= 0.6 is 0 Å². The number of hydrogen-bond donors (Lipinski definition) is 1. The average Bonchev–Trinajstić information content (AvgIpc) is 2.48. The predicted octanol–water partition coefficient (Wildman–Crippen LogP) is 3.71. The zero-order valence-electron chi connectivity index (χ0n) is 14.2. The Balaban J connectivity index is 2.17. The highest BCUT2D eigenvalue weighted by Crippen LogP contribution is 2.25. The molecular weight excluding hydrogens is 326 g/mol. The standard InChI is InChI=1S/C18H21NO4S/c1-13(20)19-15-7-9-16(10-8-15)23-24(21,22)17-11-5-14(6-12-17)18(2,3)4/h5-12H,1-4H3,(H,19,20). The maximum atomic E-state index is 12.3. The Morgan fingerprint density at radius 2 is 1.50 bits per heavy atom. The van der Waals surface area contributed by atoms with Gasteiger partial charge in [0.1, 0.15) is 10.6 Å². The molecule has 2 aromatic carbocycles. The van der Waals surface area contributed by atoms with Gasteiger partial charge < -0.3 is 9.50 Å². The number of hydrogen-bond acceptors (Lipinski definition) is 4. The molecule has 0 saturated carbocycles. The topological polar surface area (TPSA) is 72.5 Å². The first-order valence-corrected chi connectivity index (χ1v) is 8.91. The zero-order valence-corrected chi connectivity index (χ0v) is 15.0. The quantitative estimate of drug-likeness (QED) is 0.856. The Morgan fingerprint density at radius 1 is 0.958 bits per heavy atom. The van der Waals surface area contributed by atoms with Gasteiger partial charge in [0.2, 0.25) is 5.91 Å². The molecule has 6 heteroatoms. The van der Waals surface area contributed by atoms with Crippen molar-refractivity contribution in [3.05, 3.63) is 54.1 Å². The third-order valence-corrected chi connectivity index (χ3v) is 4.65. The maximum Gasteiger partial charge on any atom is 0.339 e. The van der Waals surface area contributed by atoms with Crippen LogP contribution in [0.1, 0.15) is 33.3 Å². The molecule has 5 nitrogen and oxygen atoms in total. The lowest BCUT2D eigenvalue weighted by Crippen LogP contribution is -2.13. The van der Waals surface area contributed by atoms with Crippen LogP contribution in [0.15, 0.2) is 53.4 Å². The molecule has 1 N–H and O–H groups in total. The summed E-state index contributed by atoms with van der Waals surface area (Å²) in [5.74, 6) is -0.0146. The molecule has 0 radical (unpaired) electrons. The normalized spacial score (nSPS) is 11.8. The van der Waals surface area contributed by atoms with Gasteiger partial charge in [0, 0.05) is 12.6 Å². The van der Waals surface area contributed by atoms with Gasteiger partial charge in [0.15, 0.2) is 0 Å². The zero-order chi connectivity index (χ0) is 18.0. The predicted molar refractivity (Wildman–Crippen MR) is 93.7 cm³/mol. The highest BCUT2D eigenvalue weighted by molar-refractivity contribution is 7.87. The van der Waals surface area contributed by atoms with Crippen molar-refractivity contribution in [1.29, 1.82) is 0 Å². The van der Waals surface area contributed by atoms with Crippen LogP contribution in [0.3, 0.4) is 0 Å². The van der Waals surface area contributed by atoms with Crippen molar-refractivity contribution in [2.45, 2.75) is 38.0 Å². The fourth-order valence-corrected chi connectivity index (χ4v) is 3.02. The molecule has 0 spiro atoms. The van der Waals surface area contributed by atoms with Crippen LogP contribution in [-0.4, -0.2) is 14.3 Å². The Hall–Kier alpha value is -2.34. The van der Waals surface area contributed by atoms with Crippen molar-refractivity contribution in [3.63, 3.8) is 0 Å². The van der Waals surface area contributed by atoms with Crippen LogP contribution in [-0.2, 0) is 20.3 Å². The summed E-state index contributed by atoms with van der Waals surface area (Å²) in [7, 11) is -3.90. The van der Waals surface area contributed by atoms with Gasteiger partial charge in [-0.3, -0.25) is 4.79 Å². The van der Waals surface area contributed by atoms with E-state index < -0.39 is 10.1 Å². The largest absolute Gasteiger partial charge is 0.379 e. The monoisotopic (exact) mass is 347 g/mol. The third kappa shape index (κ3) is 4.58. The van der Waals surface area contributed by atoms with Crippen LogP contribution in [0.4, 0.5) is 5.69 Å². The molecule has 0 bridgehead atoms. The van der Waals surface area contributed by atoms with Gasteiger partial charge in [-0.05, 0) is 47.4 Å². The van der Waals surface area contributed by atoms with E-state index in [1.807, 2.05) is 0 Å². The molecule has 0 fully saturated rings. The molecule has 0 aliphatic carbocycles. The summed E-state index contributed by atoms with van der Waals surface area (Å²) < 4.78 is 29.8. The van der Waals surface area contributed by atoms with Gasteiger partial charge in [-0.15, -0.1) is 0 Å². The molecule has 0 saturated heterocycles. The summed E-state index contributed by atoms with van der Waals surface area (Å²) in [6.07, 6.45) is 0. The van der Waals surface area contributed by atoms with E-state index in [1.54, 1.807) is 36.4 Å². The number of rotatable bonds is 4. The first kappa shape index (κ1) is 18.0. The Labute approximate surface area is 142 Å². The highest BCUT2D eigenvalue weighted by Gasteiger charge is 2.19. The summed E-state index contributed by atoms with van der Waals surface area (Å²) in [5, 5.41) is 2.60. The Bertz CT molecular complexity index is 817. The molecular formula is C18H21NO4S. The van der Waals surface area contributed by atoms with E-state index in [0.717, 1.165) is 5.56 Å². The summed E-state index contributed by atoms with van der Waals surface area (Å²) in [4.78, 5) is 11.1. The molecule has 0 atom stereocenters. The molecule has 0 aliphatic heterocycles. The van der Waals surface area contributed by atoms with Crippen LogP contribution in [0.2, 0.25) is 0 Å². The Kier molecular flexibility index (Phi) is 4.99. The molecule has 128 valence electrons. The van der Waals surface area contributed by atoms with Gasteiger partial charge in [-0.25, -0.2) is 0 Å². The van der Waals surface area contributed by atoms with Gasteiger partial charge >= 0.3 is 10.1 Å². The minimum atomic E-state index is -3.90. The number of amides is 1. The molecule has 0 unspecified atom stereocenters. The first-order chi connectivity index (χ1) is 11.1. The maximum absolute atomic E-state index is 12.3. The van der Waals surface area contributed by atoms with Crippen molar-refractivity contribution in [3.8, 4) is 5.75 Å². The molecule has 24 heavy (non-hydrogen) atoms. The van der Waals surface area contributed by atoms with Crippen molar-refractivity contribution < 1.29 is 17.4 Å². The van der Waals surface area contributed by atoms with Crippen LogP contribution < -0.4 is 9.50 Å². The molecule has 0 aliphatic rings. The second-order valence-electron chi connectivity index (χ2n) is 6.52. The average molecular weight is 347 g/mol. The second-order valence-corrected chi connectivity index (χ2v) is 8.06. The number of nitrogens with one attached hydrogen (secondary N) is 1. The van der Waals surface area contributed by atoms with Crippen LogP contribution in [0, 0.1) is 0 Å². The molecule has 1 amide bonds. The van der Waals surface area contributed by atoms with Gasteiger partial charge in [-0.2, -0.15) is 8.42 Å². The van der Waals surface area contributed by atoms with E-state index in [1.165, 1.54) is 19.1 Å². The number of carbonyl (C=O) groups excluding carboxylic acids is 1. The lowest BCUT2D eigenvalue weighted by Gasteiger charge is -2.19. The van der Waals surface area contributed by atoms with Gasteiger partial charge in [0.05, 0.1) is 0 Å². The smallest absolute Gasteiger partial charge is 0.339 e. The van der Waals surface area contributed by atoms with E-state index in [9.17, 15) is 13.2 Å². The van der Waals surface area contributed by atoms with E-state index in [-0.39, 0.29) is 22.0 Å². The van der Waals surface area contributed by atoms with E-state index in [2.05, 4.69) is 26.1 Å². The highest BCUT2D eigenvalue weighted by atomic mass is 32.2. The molecule has 0 aromatic heterocycles. The summed E-state index contributed by atoms with van der Waals surface area (Å²) in [6.45, 7) is 7.58. The minimum absolute atomic E-state index is 0.0529.